The van der Waals surface area contributed by atoms with Crippen molar-refractivity contribution in [1.29, 1.82) is 5.26 Å². The molecule has 0 aliphatic carbocycles. The molecule has 0 amide bonds. The maximum absolute atomic E-state index is 13.2. The van der Waals surface area contributed by atoms with Crippen LogP contribution in [0, 0.1) is 17.1 Å². The Morgan fingerprint density at radius 1 is 1.50 bits per heavy atom. The summed E-state index contributed by atoms with van der Waals surface area (Å²) in [6.07, 6.45) is 2.49. The Morgan fingerprint density at radius 2 is 2.22 bits per heavy atom. The Balaban J connectivity index is 2.50. The van der Waals surface area contributed by atoms with E-state index < -0.39 is 16.6 Å². The molecule has 1 N–H and O–H groups in total. The van der Waals surface area contributed by atoms with Gasteiger partial charge in [0, 0.05) is 35.4 Å². The van der Waals surface area contributed by atoms with Gasteiger partial charge >= 0.3 is 0 Å². The SMILES string of the molecule is CC(CCS(C)=O)NCc1cc(F)cc(C#N)c1. The second-order valence-corrected chi connectivity index (χ2v) is 5.86. The molecule has 3 nitrogen and oxygen atoms in total. The highest BCUT2D eigenvalue weighted by Gasteiger charge is 2.05. The van der Waals surface area contributed by atoms with Crippen LogP contribution in [0.5, 0.6) is 0 Å². The lowest BCUT2D eigenvalue weighted by Crippen LogP contribution is -2.27. The highest BCUT2D eigenvalue weighted by atomic mass is 32.2. The molecule has 18 heavy (non-hydrogen) atoms. The van der Waals surface area contributed by atoms with E-state index in [1.165, 1.54) is 12.1 Å². The van der Waals surface area contributed by atoms with Crippen LogP contribution in [0.2, 0.25) is 0 Å². The first kappa shape index (κ1) is 14.8. The molecule has 0 bridgehead atoms. The maximum atomic E-state index is 13.2. The van der Waals surface area contributed by atoms with Crippen LogP contribution in [0.4, 0.5) is 4.39 Å². The predicted octanol–water partition coefficient (Wildman–Crippen LogP) is 1.94. The standard InChI is InChI=1S/C13H17FN2OS/c1-10(3-4-18(2)17)16-9-12-5-11(8-15)6-13(14)7-12/h5-7,10,16H,3-4,9H2,1-2H3. The number of benzene rings is 1. The van der Waals surface area contributed by atoms with Crippen molar-refractivity contribution in [3.05, 3.63) is 35.1 Å². The molecule has 5 heteroatoms. The molecule has 98 valence electrons. The highest BCUT2D eigenvalue weighted by Crippen LogP contribution is 2.08. The zero-order valence-corrected chi connectivity index (χ0v) is 11.4. The van der Waals surface area contributed by atoms with E-state index in [-0.39, 0.29) is 6.04 Å². The zero-order valence-electron chi connectivity index (χ0n) is 10.6. The third-order valence-electron chi connectivity index (χ3n) is 2.58. The van der Waals surface area contributed by atoms with Gasteiger partial charge in [0.25, 0.3) is 0 Å². The number of nitriles is 1. The zero-order chi connectivity index (χ0) is 13.5. The van der Waals surface area contributed by atoms with Gasteiger partial charge in [0.1, 0.15) is 5.82 Å². The molecule has 0 aliphatic rings. The summed E-state index contributed by atoms with van der Waals surface area (Å²) in [6, 6.07) is 6.44. The molecule has 0 aliphatic heterocycles. The molecule has 2 unspecified atom stereocenters. The van der Waals surface area contributed by atoms with Crippen LogP contribution in [-0.4, -0.2) is 22.3 Å². The molecule has 0 saturated carbocycles. The molecule has 0 fully saturated rings. The molecule has 1 rings (SSSR count). The van der Waals surface area contributed by atoms with Gasteiger partial charge in [-0.2, -0.15) is 5.26 Å². The highest BCUT2D eigenvalue weighted by molar-refractivity contribution is 7.84. The first-order chi connectivity index (χ1) is 8.51. The lowest BCUT2D eigenvalue weighted by molar-refractivity contribution is 0.532. The summed E-state index contributed by atoms with van der Waals surface area (Å²) in [5, 5.41) is 12.0. The van der Waals surface area contributed by atoms with Crippen LogP contribution >= 0.6 is 0 Å². The van der Waals surface area contributed by atoms with Crippen molar-refractivity contribution in [3.63, 3.8) is 0 Å². The van der Waals surface area contributed by atoms with E-state index in [2.05, 4.69) is 5.32 Å². The molecule has 0 saturated heterocycles. The van der Waals surface area contributed by atoms with Crippen molar-refractivity contribution < 1.29 is 8.60 Å². The minimum Gasteiger partial charge on any atom is -0.310 e. The molecule has 2 atom stereocenters. The van der Waals surface area contributed by atoms with Crippen LogP contribution in [-0.2, 0) is 17.3 Å². The maximum Gasteiger partial charge on any atom is 0.124 e. The topological polar surface area (TPSA) is 52.9 Å². The average Bonchev–Trinajstić information content (AvgIpc) is 2.33. The smallest absolute Gasteiger partial charge is 0.124 e. The Bertz CT molecular complexity index is 471. The van der Waals surface area contributed by atoms with Crippen LogP contribution in [0.3, 0.4) is 0 Å². The van der Waals surface area contributed by atoms with Gasteiger partial charge in [0.2, 0.25) is 0 Å². The molecular weight excluding hydrogens is 251 g/mol. The molecule has 0 aromatic heterocycles. The van der Waals surface area contributed by atoms with Gasteiger partial charge in [-0.25, -0.2) is 4.39 Å². The van der Waals surface area contributed by atoms with Crippen molar-refractivity contribution in [2.45, 2.75) is 25.9 Å². The summed E-state index contributed by atoms with van der Waals surface area (Å²) in [4.78, 5) is 0. The molecule has 0 heterocycles. The second kappa shape index (κ2) is 7.24. The number of hydrogen-bond donors (Lipinski definition) is 1. The first-order valence-corrected chi connectivity index (χ1v) is 7.47. The van der Waals surface area contributed by atoms with E-state index in [0.29, 0.717) is 17.9 Å². The van der Waals surface area contributed by atoms with Gasteiger partial charge in [0.05, 0.1) is 11.6 Å². The minimum atomic E-state index is -0.786. The largest absolute Gasteiger partial charge is 0.310 e. The lowest BCUT2D eigenvalue weighted by Gasteiger charge is -2.13. The quantitative estimate of drug-likeness (QED) is 0.858. The number of nitrogens with zero attached hydrogens (tertiary/aromatic N) is 1. The number of rotatable bonds is 6. The molecule has 0 spiro atoms. The summed E-state index contributed by atoms with van der Waals surface area (Å²) < 4.78 is 24.1. The number of hydrogen-bond acceptors (Lipinski definition) is 3. The Morgan fingerprint density at radius 3 is 2.83 bits per heavy atom. The van der Waals surface area contributed by atoms with E-state index in [9.17, 15) is 8.60 Å². The van der Waals surface area contributed by atoms with Crippen LogP contribution in [0.15, 0.2) is 18.2 Å². The number of nitrogens with one attached hydrogen (secondary N) is 1. The van der Waals surface area contributed by atoms with Crippen molar-refractivity contribution in [2.75, 3.05) is 12.0 Å². The fourth-order valence-corrected chi connectivity index (χ4v) is 2.24. The van der Waals surface area contributed by atoms with E-state index in [1.807, 2.05) is 13.0 Å². The van der Waals surface area contributed by atoms with E-state index in [4.69, 9.17) is 5.26 Å². The van der Waals surface area contributed by atoms with Crippen LogP contribution in [0.25, 0.3) is 0 Å². The monoisotopic (exact) mass is 268 g/mol. The van der Waals surface area contributed by atoms with Gasteiger partial charge in [-0.05, 0) is 37.1 Å². The average molecular weight is 268 g/mol. The molecule has 1 aromatic carbocycles. The lowest BCUT2D eigenvalue weighted by atomic mass is 10.1. The molecule has 0 radical (unpaired) electrons. The second-order valence-electron chi connectivity index (χ2n) is 4.31. The number of halogens is 1. The summed E-state index contributed by atoms with van der Waals surface area (Å²) in [7, 11) is -0.786. The Kier molecular flexibility index (Phi) is 5.96. The fraction of sp³-hybridized carbons (Fsp3) is 0.462. The third kappa shape index (κ3) is 5.39. The van der Waals surface area contributed by atoms with Gasteiger partial charge in [-0.15, -0.1) is 0 Å². The summed E-state index contributed by atoms with van der Waals surface area (Å²) in [5.41, 5.74) is 1.07. The van der Waals surface area contributed by atoms with Crippen molar-refractivity contribution in [2.24, 2.45) is 0 Å². The van der Waals surface area contributed by atoms with Crippen molar-refractivity contribution in [1.82, 2.24) is 5.32 Å². The first-order valence-electron chi connectivity index (χ1n) is 5.74. The van der Waals surface area contributed by atoms with Gasteiger partial charge in [-0.3, -0.25) is 4.21 Å². The summed E-state index contributed by atoms with van der Waals surface area (Å²) in [5.74, 6) is 0.258. The van der Waals surface area contributed by atoms with Gasteiger partial charge < -0.3 is 5.32 Å². The van der Waals surface area contributed by atoms with Gasteiger partial charge in [0.15, 0.2) is 0 Å². The van der Waals surface area contributed by atoms with E-state index in [1.54, 1.807) is 12.3 Å². The summed E-state index contributed by atoms with van der Waals surface area (Å²) in [6.45, 7) is 2.50. The van der Waals surface area contributed by atoms with Crippen LogP contribution in [0.1, 0.15) is 24.5 Å². The minimum absolute atomic E-state index is 0.211. The normalized spacial score (nSPS) is 13.9. The predicted molar refractivity (Wildman–Crippen MR) is 71.0 cm³/mol. The third-order valence-corrected chi connectivity index (χ3v) is 3.39. The molecular formula is C13H17FN2OS. The Labute approximate surface area is 109 Å². The Hall–Kier alpha value is -1.25. The van der Waals surface area contributed by atoms with Gasteiger partial charge in [-0.1, -0.05) is 0 Å². The van der Waals surface area contributed by atoms with E-state index >= 15 is 0 Å². The fourth-order valence-electron chi connectivity index (χ4n) is 1.55. The van der Waals surface area contributed by atoms with Crippen molar-refractivity contribution >= 4 is 10.8 Å². The van der Waals surface area contributed by atoms with Crippen molar-refractivity contribution in [3.8, 4) is 6.07 Å². The van der Waals surface area contributed by atoms with E-state index in [0.717, 1.165) is 12.0 Å². The van der Waals surface area contributed by atoms with Crippen LogP contribution < -0.4 is 5.32 Å². The summed E-state index contributed by atoms with van der Waals surface area (Å²) >= 11 is 0. The molecule has 1 aromatic rings.